The topological polar surface area (TPSA) is 43.8 Å². The third-order valence-electron chi connectivity index (χ3n) is 3.07. The molecule has 1 unspecified atom stereocenters. The van der Waals surface area contributed by atoms with E-state index in [4.69, 9.17) is 17.3 Å². The number of aryl methyl sites for hydroxylation is 2. The molecule has 0 radical (unpaired) electrons. The fourth-order valence-electron chi connectivity index (χ4n) is 2.27. The lowest BCUT2D eigenvalue weighted by atomic mass is 9.93. The van der Waals surface area contributed by atoms with Crippen LogP contribution in [0.3, 0.4) is 0 Å². The molecule has 0 saturated carbocycles. The first-order chi connectivity index (χ1) is 7.99. The van der Waals surface area contributed by atoms with E-state index in [0.717, 1.165) is 35.8 Å². The molecule has 0 bridgehead atoms. The summed E-state index contributed by atoms with van der Waals surface area (Å²) in [6, 6.07) is 0. The van der Waals surface area contributed by atoms with Gasteiger partial charge in [0.25, 0.3) is 0 Å². The Kier molecular flexibility index (Phi) is 5.47. The first kappa shape index (κ1) is 14.5. The molecule has 1 aromatic heterocycles. The molecule has 4 heteroatoms. The minimum atomic E-state index is 0.494. The number of hydrogen-bond donors (Lipinski definition) is 1. The molecule has 0 saturated heterocycles. The second-order valence-electron chi connectivity index (χ2n) is 5.10. The lowest BCUT2D eigenvalue weighted by Gasteiger charge is -2.17. The zero-order valence-electron chi connectivity index (χ0n) is 11.3. The molecule has 0 amide bonds. The number of hydrogen-bond acceptors (Lipinski definition) is 2. The van der Waals surface area contributed by atoms with Crippen molar-refractivity contribution < 1.29 is 0 Å². The van der Waals surface area contributed by atoms with Gasteiger partial charge in [-0.15, -0.1) is 0 Å². The van der Waals surface area contributed by atoms with Crippen molar-refractivity contribution >= 4 is 11.6 Å². The molecular formula is C13H24ClN3. The van der Waals surface area contributed by atoms with Gasteiger partial charge >= 0.3 is 0 Å². The van der Waals surface area contributed by atoms with Gasteiger partial charge in [-0.1, -0.05) is 25.4 Å². The Bertz CT molecular complexity index is 358. The van der Waals surface area contributed by atoms with Crippen LogP contribution >= 0.6 is 11.6 Å². The Balaban J connectivity index is 2.84. The number of rotatable bonds is 6. The lowest BCUT2D eigenvalue weighted by Crippen LogP contribution is -2.20. The highest BCUT2D eigenvalue weighted by Crippen LogP contribution is 2.25. The zero-order valence-corrected chi connectivity index (χ0v) is 12.1. The van der Waals surface area contributed by atoms with Crippen molar-refractivity contribution in [3.8, 4) is 0 Å². The third-order valence-corrected chi connectivity index (χ3v) is 3.56. The normalized spacial score (nSPS) is 13.4. The molecule has 1 atom stereocenters. The predicted molar refractivity (Wildman–Crippen MR) is 73.4 cm³/mol. The van der Waals surface area contributed by atoms with E-state index in [2.05, 4.69) is 25.9 Å². The fraction of sp³-hybridized carbons (Fsp3) is 0.769. The Hall–Kier alpha value is -0.540. The predicted octanol–water partition coefficient (Wildman–Crippen LogP) is 3.03. The fourth-order valence-corrected chi connectivity index (χ4v) is 2.48. The van der Waals surface area contributed by atoms with Crippen LogP contribution in [0.2, 0.25) is 5.02 Å². The molecule has 3 nitrogen and oxygen atoms in total. The lowest BCUT2D eigenvalue weighted by molar-refractivity contribution is 0.404. The van der Waals surface area contributed by atoms with E-state index < -0.39 is 0 Å². The van der Waals surface area contributed by atoms with Gasteiger partial charge in [0.1, 0.15) is 0 Å². The van der Waals surface area contributed by atoms with Gasteiger partial charge < -0.3 is 5.73 Å². The summed E-state index contributed by atoms with van der Waals surface area (Å²) < 4.78 is 2.00. The van der Waals surface area contributed by atoms with Crippen molar-refractivity contribution in [2.45, 2.75) is 47.1 Å². The van der Waals surface area contributed by atoms with Crippen molar-refractivity contribution in [2.24, 2.45) is 17.6 Å². The first-order valence-corrected chi connectivity index (χ1v) is 6.79. The molecule has 0 aliphatic rings. The van der Waals surface area contributed by atoms with Crippen LogP contribution in [0.1, 0.15) is 38.6 Å². The minimum Gasteiger partial charge on any atom is -0.330 e. The van der Waals surface area contributed by atoms with Crippen molar-refractivity contribution in [1.29, 1.82) is 0 Å². The number of nitrogens with zero attached hydrogens (tertiary/aromatic N) is 2. The first-order valence-electron chi connectivity index (χ1n) is 6.41. The summed E-state index contributed by atoms with van der Waals surface area (Å²) in [4.78, 5) is 0. The molecule has 0 aliphatic heterocycles. The van der Waals surface area contributed by atoms with E-state index in [9.17, 15) is 0 Å². The maximum Gasteiger partial charge on any atom is 0.0847 e. The van der Waals surface area contributed by atoms with Crippen LogP contribution in [-0.4, -0.2) is 16.3 Å². The van der Waals surface area contributed by atoms with Gasteiger partial charge in [0.05, 0.1) is 16.4 Å². The summed E-state index contributed by atoms with van der Waals surface area (Å²) in [5, 5.41) is 5.25. The summed E-state index contributed by atoms with van der Waals surface area (Å²) in [6.45, 7) is 10.1. The molecule has 0 aromatic carbocycles. The van der Waals surface area contributed by atoms with E-state index in [1.807, 2.05) is 11.6 Å². The SMILES string of the molecule is CCn1nc(C)c(Cl)c1CC(CN)CC(C)C. The van der Waals surface area contributed by atoms with Crippen LogP contribution in [0.15, 0.2) is 0 Å². The van der Waals surface area contributed by atoms with E-state index in [1.54, 1.807) is 0 Å². The van der Waals surface area contributed by atoms with Gasteiger partial charge in [-0.2, -0.15) is 5.10 Å². The van der Waals surface area contributed by atoms with E-state index in [-0.39, 0.29) is 0 Å². The Morgan fingerprint density at radius 3 is 2.53 bits per heavy atom. The Morgan fingerprint density at radius 1 is 1.41 bits per heavy atom. The molecule has 1 aromatic rings. The minimum absolute atomic E-state index is 0.494. The molecule has 98 valence electrons. The van der Waals surface area contributed by atoms with Crippen LogP contribution in [0.4, 0.5) is 0 Å². The number of halogens is 1. The summed E-state index contributed by atoms with van der Waals surface area (Å²) in [7, 11) is 0. The quantitative estimate of drug-likeness (QED) is 0.851. The molecule has 0 fully saturated rings. The standard InChI is InChI=1S/C13H24ClN3/c1-5-17-12(13(14)10(4)16-17)7-11(8-15)6-9(2)3/h9,11H,5-8,15H2,1-4H3. The van der Waals surface area contributed by atoms with E-state index in [0.29, 0.717) is 18.4 Å². The monoisotopic (exact) mass is 257 g/mol. The van der Waals surface area contributed by atoms with Crippen molar-refractivity contribution in [3.05, 3.63) is 16.4 Å². The van der Waals surface area contributed by atoms with Gasteiger partial charge in [0.2, 0.25) is 0 Å². The van der Waals surface area contributed by atoms with Crippen molar-refractivity contribution in [3.63, 3.8) is 0 Å². The van der Waals surface area contributed by atoms with Crippen LogP contribution < -0.4 is 5.73 Å². The highest BCUT2D eigenvalue weighted by Gasteiger charge is 2.17. The molecule has 0 aliphatic carbocycles. The second-order valence-corrected chi connectivity index (χ2v) is 5.48. The highest BCUT2D eigenvalue weighted by molar-refractivity contribution is 6.31. The third kappa shape index (κ3) is 3.71. The highest BCUT2D eigenvalue weighted by atomic mass is 35.5. The van der Waals surface area contributed by atoms with Gasteiger partial charge in [-0.25, -0.2) is 0 Å². The average molecular weight is 258 g/mol. The Labute approximate surface area is 109 Å². The van der Waals surface area contributed by atoms with Crippen molar-refractivity contribution in [2.75, 3.05) is 6.54 Å². The smallest absolute Gasteiger partial charge is 0.0847 e. The second kappa shape index (κ2) is 6.41. The summed E-state index contributed by atoms with van der Waals surface area (Å²) in [5.74, 6) is 1.16. The molecule has 0 spiro atoms. The van der Waals surface area contributed by atoms with Crippen molar-refractivity contribution in [1.82, 2.24) is 9.78 Å². The van der Waals surface area contributed by atoms with Crippen LogP contribution in [-0.2, 0) is 13.0 Å². The van der Waals surface area contributed by atoms with E-state index >= 15 is 0 Å². The van der Waals surface area contributed by atoms with Gasteiger partial charge in [0, 0.05) is 6.54 Å². The summed E-state index contributed by atoms with van der Waals surface area (Å²) >= 11 is 6.31. The molecular weight excluding hydrogens is 234 g/mol. The van der Waals surface area contributed by atoms with Crippen LogP contribution in [0, 0.1) is 18.8 Å². The van der Waals surface area contributed by atoms with Gasteiger partial charge in [0.15, 0.2) is 0 Å². The molecule has 2 N–H and O–H groups in total. The number of nitrogens with two attached hydrogens (primary N) is 1. The largest absolute Gasteiger partial charge is 0.330 e. The average Bonchev–Trinajstić information content (AvgIpc) is 2.55. The maximum atomic E-state index is 6.31. The zero-order chi connectivity index (χ0) is 13.0. The molecule has 17 heavy (non-hydrogen) atoms. The molecule has 1 heterocycles. The van der Waals surface area contributed by atoms with Gasteiger partial charge in [-0.05, 0) is 45.1 Å². The maximum absolute atomic E-state index is 6.31. The Morgan fingerprint density at radius 2 is 2.06 bits per heavy atom. The van der Waals surface area contributed by atoms with Crippen LogP contribution in [0.5, 0.6) is 0 Å². The van der Waals surface area contributed by atoms with Crippen LogP contribution in [0.25, 0.3) is 0 Å². The van der Waals surface area contributed by atoms with E-state index in [1.165, 1.54) is 0 Å². The number of aromatic nitrogens is 2. The summed E-state index contributed by atoms with van der Waals surface area (Å²) in [6.07, 6.45) is 2.07. The summed E-state index contributed by atoms with van der Waals surface area (Å²) in [5.41, 5.74) is 7.91. The van der Waals surface area contributed by atoms with Gasteiger partial charge in [-0.3, -0.25) is 4.68 Å². The molecule has 1 rings (SSSR count).